The van der Waals surface area contributed by atoms with Gasteiger partial charge in [-0.1, -0.05) is 0 Å². The van der Waals surface area contributed by atoms with Crippen LogP contribution in [-0.2, 0) is 6.54 Å². The zero-order chi connectivity index (χ0) is 13.0. The van der Waals surface area contributed by atoms with Crippen LogP contribution < -0.4 is 9.47 Å². The summed E-state index contributed by atoms with van der Waals surface area (Å²) in [4.78, 5) is 3.85. The quantitative estimate of drug-likeness (QED) is 0.808. The fraction of sp³-hybridized carbons (Fsp3) is 0.250. The van der Waals surface area contributed by atoms with Gasteiger partial charge in [-0.05, 0) is 18.2 Å². The Labute approximate surface area is 104 Å². The second kappa shape index (κ2) is 5.19. The molecule has 6 heteroatoms. The van der Waals surface area contributed by atoms with E-state index >= 15 is 0 Å². The van der Waals surface area contributed by atoms with Crippen molar-refractivity contribution in [2.24, 2.45) is 0 Å². The van der Waals surface area contributed by atoms with Gasteiger partial charge in [-0.3, -0.25) is 0 Å². The predicted octanol–water partition coefficient (Wildman–Crippen LogP) is 1.22. The summed E-state index contributed by atoms with van der Waals surface area (Å²) in [7, 11) is 3.21. The Kier molecular flexibility index (Phi) is 3.44. The Balaban J connectivity index is 2.29. The average Bonchev–Trinajstić information content (AvgIpc) is 2.86. The number of hydrogen-bond acceptors (Lipinski definition) is 5. The van der Waals surface area contributed by atoms with Gasteiger partial charge in [0.1, 0.15) is 23.9 Å². The van der Waals surface area contributed by atoms with Crippen LogP contribution in [0.25, 0.3) is 0 Å². The number of nitriles is 1. The number of aromatic nitrogens is 3. The van der Waals surface area contributed by atoms with E-state index in [0.29, 0.717) is 6.54 Å². The number of methoxy groups -OCH3 is 2. The molecule has 0 amide bonds. The molecule has 1 aromatic heterocycles. The van der Waals surface area contributed by atoms with Crippen molar-refractivity contribution >= 4 is 0 Å². The van der Waals surface area contributed by atoms with E-state index in [1.165, 1.54) is 6.33 Å². The molecule has 2 aromatic rings. The summed E-state index contributed by atoms with van der Waals surface area (Å²) >= 11 is 0. The molecule has 18 heavy (non-hydrogen) atoms. The molecule has 1 aromatic carbocycles. The van der Waals surface area contributed by atoms with Crippen LogP contribution >= 0.6 is 0 Å². The smallest absolute Gasteiger partial charge is 0.252 e. The molecule has 0 saturated heterocycles. The highest BCUT2D eigenvalue weighted by Gasteiger charge is 2.07. The normalized spacial score (nSPS) is 9.83. The monoisotopic (exact) mass is 244 g/mol. The third-order valence-electron chi connectivity index (χ3n) is 2.46. The standard InChI is InChI=1S/C12H12N4O2/c1-17-10-3-4-11(18-2)9(5-10)7-16-8-14-12(6-13)15-16/h3-5,8H,7H2,1-2H3. The molecule has 0 N–H and O–H groups in total. The van der Waals surface area contributed by atoms with Crippen molar-refractivity contribution in [1.82, 2.24) is 14.8 Å². The van der Waals surface area contributed by atoms with Gasteiger partial charge in [-0.2, -0.15) is 5.26 Å². The van der Waals surface area contributed by atoms with Crippen LogP contribution in [-0.4, -0.2) is 29.0 Å². The Morgan fingerprint density at radius 3 is 2.78 bits per heavy atom. The van der Waals surface area contributed by atoms with Gasteiger partial charge in [0.15, 0.2) is 0 Å². The average molecular weight is 244 g/mol. The van der Waals surface area contributed by atoms with Crippen LogP contribution in [0.15, 0.2) is 24.5 Å². The van der Waals surface area contributed by atoms with Crippen molar-refractivity contribution in [3.05, 3.63) is 35.9 Å². The number of hydrogen-bond donors (Lipinski definition) is 0. The minimum absolute atomic E-state index is 0.150. The van der Waals surface area contributed by atoms with Crippen molar-refractivity contribution in [2.75, 3.05) is 14.2 Å². The van der Waals surface area contributed by atoms with E-state index in [4.69, 9.17) is 14.7 Å². The van der Waals surface area contributed by atoms with Gasteiger partial charge in [0.25, 0.3) is 5.82 Å². The molecule has 2 rings (SSSR count). The molecule has 0 radical (unpaired) electrons. The number of ether oxygens (including phenoxy) is 2. The first kappa shape index (κ1) is 11.9. The summed E-state index contributed by atoms with van der Waals surface area (Å²) in [6.45, 7) is 0.467. The van der Waals surface area contributed by atoms with E-state index in [0.717, 1.165) is 17.1 Å². The largest absolute Gasteiger partial charge is 0.497 e. The number of benzene rings is 1. The van der Waals surface area contributed by atoms with E-state index < -0.39 is 0 Å². The third kappa shape index (κ3) is 2.40. The van der Waals surface area contributed by atoms with Crippen molar-refractivity contribution in [1.29, 1.82) is 5.26 Å². The van der Waals surface area contributed by atoms with Crippen LogP contribution in [0.3, 0.4) is 0 Å². The Morgan fingerprint density at radius 1 is 1.33 bits per heavy atom. The second-order valence-electron chi connectivity index (χ2n) is 3.56. The lowest BCUT2D eigenvalue weighted by Gasteiger charge is -2.10. The van der Waals surface area contributed by atoms with Crippen LogP contribution in [0.1, 0.15) is 11.4 Å². The summed E-state index contributed by atoms with van der Waals surface area (Å²) in [6, 6.07) is 7.41. The SMILES string of the molecule is COc1ccc(OC)c(Cn2cnc(C#N)n2)c1. The van der Waals surface area contributed by atoms with Gasteiger partial charge in [0, 0.05) is 5.56 Å². The lowest BCUT2D eigenvalue weighted by atomic mass is 10.2. The Morgan fingerprint density at radius 2 is 2.17 bits per heavy atom. The van der Waals surface area contributed by atoms with Gasteiger partial charge in [0.2, 0.25) is 0 Å². The fourth-order valence-electron chi connectivity index (χ4n) is 1.60. The maximum Gasteiger partial charge on any atom is 0.252 e. The van der Waals surface area contributed by atoms with Crippen molar-refractivity contribution in [2.45, 2.75) is 6.54 Å². The van der Waals surface area contributed by atoms with Gasteiger partial charge < -0.3 is 9.47 Å². The van der Waals surface area contributed by atoms with E-state index in [1.807, 2.05) is 24.3 Å². The van der Waals surface area contributed by atoms with E-state index in [-0.39, 0.29) is 5.82 Å². The van der Waals surface area contributed by atoms with Crippen LogP contribution in [0.2, 0.25) is 0 Å². The molecule has 0 fully saturated rings. The fourth-order valence-corrected chi connectivity index (χ4v) is 1.60. The Hall–Kier alpha value is -2.55. The second-order valence-corrected chi connectivity index (χ2v) is 3.56. The van der Waals surface area contributed by atoms with Gasteiger partial charge in [0.05, 0.1) is 20.8 Å². The van der Waals surface area contributed by atoms with E-state index in [1.54, 1.807) is 18.9 Å². The minimum atomic E-state index is 0.150. The summed E-state index contributed by atoms with van der Waals surface area (Å²) in [5, 5.41) is 12.7. The molecule has 0 bridgehead atoms. The Bertz CT molecular complexity index is 586. The maximum absolute atomic E-state index is 8.67. The minimum Gasteiger partial charge on any atom is -0.497 e. The van der Waals surface area contributed by atoms with Crippen LogP contribution in [0, 0.1) is 11.3 Å². The number of nitrogens with zero attached hydrogens (tertiary/aromatic N) is 4. The summed E-state index contributed by atoms with van der Waals surface area (Å²) in [6.07, 6.45) is 1.51. The molecule has 92 valence electrons. The summed E-state index contributed by atoms with van der Waals surface area (Å²) in [5.74, 6) is 1.63. The first-order valence-corrected chi connectivity index (χ1v) is 5.27. The van der Waals surface area contributed by atoms with Crippen molar-refractivity contribution in [3.63, 3.8) is 0 Å². The van der Waals surface area contributed by atoms with E-state index in [9.17, 15) is 0 Å². The van der Waals surface area contributed by atoms with Crippen LogP contribution in [0.4, 0.5) is 0 Å². The highest BCUT2D eigenvalue weighted by molar-refractivity contribution is 5.40. The molecular formula is C12H12N4O2. The highest BCUT2D eigenvalue weighted by atomic mass is 16.5. The molecule has 0 saturated carbocycles. The number of rotatable bonds is 4. The molecule has 0 aliphatic rings. The first-order chi connectivity index (χ1) is 8.76. The topological polar surface area (TPSA) is 73.0 Å². The molecule has 0 atom stereocenters. The van der Waals surface area contributed by atoms with Crippen molar-refractivity contribution < 1.29 is 9.47 Å². The molecular weight excluding hydrogens is 232 g/mol. The molecule has 0 spiro atoms. The summed E-state index contributed by atoms with van der Waals surface area (Å²) < 4.78 is 12.0. The van der Waals surface area contributed by atoms with Gasteiger partial charge in [-0.25, -0.2) is 9.67 Å². The lowest BCUT2D eigenvalue weighted by Crippen LogP contribution is -2.03. The third-order valence-corrected chi connectivity index (χ3v) is 2.46. The van der Waals surface area contributed by atoms with Crippen LogP contribution in [0.5, 0.6) is 11.5 Å². The molecule has 0 aliphatic heterocycles. The molecule has 0 unspecified atom stereocenters. The zero-order valence-corrected chi connectivity index (χ0v) is 10.1. The van der Waals surface area contributed by atoms with Gasteiger partial charge >= 0.3 is 0 Å². The molecule has 1 heterocycles. The molecule has 6 nitrogen and oxygen atoms in total. The van der Waals surface area contributed by atoms with Gasteiger partial charge in [-0.15, -0.1) is 5.10 Å². The summed E-state index contributed by atoms with van der Waals surface area (Å²) in [5.41, 5.74) is 0.909. The zero-order valence-electron chi connectivity index (χ0n) is 10.1. The van der Waals surface area contributed by atoms with Crippen molar-refractivity contribution in [3.8, 4) is 17.6 Å². The lowest BCUT2D eigenvalue weighted by molar-refractivity contribution is 0.396. The highest BCUT2D eigenvalue weighted by Crippen LogP contribution is 2.24. The van der Waals surface area contributed by atoms with E-state index in [2.05, 4.69) is 10.1 Å². The maximum atomic E-state index is 8.67. The predicted molar refractivity (Wildman–Crippen MR) is 63.4 cm³/mol. The molecule has 0 aliphatic carbocycles. The first-order valence-electron chi connectivity index (χ1n) is 5.27.